The first-order chi connectivity index (χ1) is 16.2. The molecule has 178 valence electrons. The third-order valence-electron chi connectivity index (χ3n) is 5.17. The Hall–Kier alpha value is -3.72. The third kappa shape index (κ3) is 5.99. The molecule has 1 atom stereocenters. The smallest absolute Gasteiger partial charge is 0.264 e. The highest BCUT2D eigenvalue weighted by atomic mass is 32.2. The lowest BCUT2D eigenvalue weighted by Gasteiger charge is -2.24. The lowest BCUT2D eigenvalue weighted by molar-refractivity contribution is -0.114. The van der Waals surface area contributed by atoms with E-state index < -0.39 is 28.3 Å². The van der Waals surface area contributed by atoms with E-state index in [1.54, 1.807) is 42.5 Å². The zero-order valence-corrected chi connectivity index (χ0v) is 19.7. The number of carbonyl (C=O) groups is 2. The predicted octanol–water partition coefficient (Wildman–Crippen LogP) is 4.19. The minimum absolute atomic E-state index is 0.0135. The number of hydrogen-bond acceptors (Lipinski definition) is 4. The molecule has 0 radical (unpaired) electrons. The van der Waals surface area contributed by atoms with Gasteiger partial charge in [-0.25, -0.2) is 12.8 Å². The highest BCUT2D eigenvalue weighted by Crippen LogP contribution is 2.24. The van der Waals surface area contributed by atoms with Gasteiger partial charge in [0.25, 0.3) is 15.9 Å². The quantitative estimate of drug-likeness (QED) is 0.477. The fourth-order valence-electron chi connectivity index (χ4n) is 3.16. The van der Waals surface area contributed by atoms with Gasteiger partial charge in [-0.2, -0.15) is 0 Å². The molecule has 0 aliphatic carbocycles. The number of nitrogens with zero attached hydrogens (tertiary/aromatic N) is 1. The van der Waals surface area contributed by atoms with Crippen LogP contribution in [0.15, 0.2) is 83.8 Å². The van der Waals surface area contributed by atoms with E-state index in [0.29, 0.717) is 0 Å². The SMILES string of the molecule is CC[C@@H](C)NC(=O)c1ccccc1NC(=O)CN(c1ccc(F)cc1)S(=O)(=O)c1ccccc1. The number of rotatable bonds is 9. The highest BCUT2D eigenvalue weighted by molar-refractivity contribution is 7.92. The Morgan fingerprint density at radius 1 is 0.941 bits per heavy atom. The largest absolute Gasteiger partial charge is 0.350 e. The van der Waals surface area contributed by atoms with Crippen LogP contribution in [0.1, 0.15) is 30.6 Å². The monoisotopic (exact) mass is 483 g/mol. The van der Waals surface area contributed by atoms with E-state index in [9.17, 15) is 22.4 Å². The summed E-state index contributed by atoms with van der Waals surface area (Å²) in [5, 5.41) is 5.48. The van der Waals surface area contributed by atoms with Crippen LogP contribution in [0.3, 0.4) is 0 Å². The van der Waals surface area contributed by atoms with Crippen molar-refractivity contribution in [3.05, 3.63) is 90.2 Å². The fraction of sp³-hybridized carbons (Fsp3) is 0.200. The normalized spacial score (nSPS) is 12.0. The van der Waals surface area contributed by atoms with E-state index >= 15 is 0 Å². The number of carbonyl (C=O) groups excluding carboxylic acids is 2. The second-order valence-electron chi connectivity index (χ2n) is 7.68. The Labute approximate surface area is 198 Å². The summed E-state index contributed by atoms with van der Waals surface area (Å²) in [6.45, 7) is 3.23. The molecule has 0 bridgehead atoms. The summed E-state index contributed by atoms with van der Waals surface area (Å²) in [4.78, 5) is 25.6. The Morgan fingerprint density at radius 3 is 2.21 bits per heavy atom. The van der Waals surface area contributed by atoms with Gasteiger partial charge in [-0.1, -0.05) is 37.3 Å². The Kier molecular flexibility index (Phi) is 8.01. The van der Waals surface area contributed by atoms with Gasteiger partial charge in [0.05, 0.1) is 21.8 Å². The zero-order chi connectivity index (χ0) is 24.7. The highest BCUT2D eigenvalue weighted by Gasteiger charge is 2.27. The molecule has 2 N–H and O–H groups in total. The zero-order valence-electron chi connectivity index (χ0n) is 18.9. The lowest BCUT2D eigenvalue weighted by atomic mass is 10.1. The summed E-state index contributed by atoms with van der Waals surface area (Å²) in [7, 11) is -4.13. The maximum Gasteiger partial charge on any atom is 0.264 e. The van der Waals surface area contributed by atoms with Gasteiger partial charge in [-0.05, 0) is 61.9 Å². The molecule has 0 heterocycles. The average Bonchev–Trinajstić information content (AvgIpc) is 2.84. The maximum absolute atomic E-state index is 13.5. The van der Waals surface area contributed by atoms with Crippen LogP contribution in [0.5, 0.6) is 0 Å². The second kappa shape index (κ2) is 10.9. The Balaban J connectivity index is 1.89. The molecule has 0 spiro atoms. The summed E-state index contributed by atoms with van der Waals surface area (Å²) in [5.74, 6) is -1.54. The summed E-state index contributed by atoms with van der Waals surface area (Å²) >= 11 is 0. The first kappa shape index (κ1) is 24.9. The van der Waals surface area contributed by atoms with E-state index in [0.717, 1.165) is 22.9 Å². The van der Waals surface area contributed by atoms with Gasteiger partial charge >= 0.3 is 0 Å². The number of halogens is 1. The summed E-state index contributed by atoms with van der Waals surface area (Å²) in [6, 6.07) is 18.9. The molecule has 34 heavy (non-hydrogen) atoms. The summed E-state index contributed by atoms with van der Waals surface area (Å²) < 4.78 is 41.0. The van der Waals surface area contributed by atoms with Crippen molar-refractivity contribution in [2.24, 2.45) is 0 Å². The van der Waals surface area contributed by atoms with E-state index in [-0.39, 0.29) is 33.8 Å². The van der Waals surface area contributed by atoms with Crippen LogP contribution < -0.4 is 14.9 Å². The first-order valence-electron chi connectivity index (χ1n) is 10.8. The van der Waals surface area contributed by atoms with Crippen molar-refractivity contribution in [1.29, 1.82) is 0 Å². The van der Waals surface area contributed by atoms with Crippen LogP contribution in [0.4, 0.5) is 15.8 Å². The minimum atomic E-state index is -4.13. The molecule has 3 aromatic carbocycles. The van der Waals surface area contributed by atoms with Crippen molar-refractivity contribution >= 4 is 33.2 Å². The van der Waals surface area contributed by atoms with Gasteiger partial charge in [0, 0.05) is 6.04 Å². The number of anilines is 2. The van der Waals surface area contributed by atoms with Crippen molar-refractivity contribution in [3.8, 4) is 0 Å². The topological polar surface area (TPSA) is 95.6 Å². The molecule has 7 nitrogen and oxygen atoms in total. The number of amides is 2. The molecule has 0 aliphatic heterocycles. The van der Waals surface area contributed by atoms with Crippen molar-refractivity contribution in [1.82, 2.24) is 5.32 Å². The Bertz CT molecular complexity index is 1250. The molecule has 3 rings (SSSR count). The summed E-state index contributed by atoms with van der Waals surface area (Å²) in [5.41, 5.74) is 0.642. The molecule has 0 saturated carbocycles. The minimum Gasteiger partial charge on any atom is -0.350 e. The summed E-state index contributed by atoms with van der Waals surface area (Å²) in [6.07, 6.45) is 0.740. The molecule has 0 unspecified atom stereocenters. The third-order valence-corrected chi connectivity index (χ3v) is 6.96. The molecule has 0 aromatic heterocycles. The standard InChI is InChI=1S/C25H26FN3O4S/c1-3-18(2)27-25(31)22-11-7-8-12-23(22)28-24(30)17-29(20-15-13-19(26)14-16-20)34(32,33)21-9-5-4-6-10-21/h4-16,18H,3,17H2,1-2H3,(H,27,31)(H,28,30)/t18-/m1/s1. The van der Waals surface area contributed by atoms with Gasteiger partial charge < -0.3 is 10.6 Å². The Morgan fingerprint density at radius 2 is 1.56 bits per heavy atom. The van der Waals surface area contributed by atoms with Crippen LogP contribution in [-0.2, 0) is 14.8 Å². The lowest BCUT2D eigenvalue weighted by Crippen LogP contribution is -2.38. The van der Waals surface area contributed by atoms with Gasteiger partial charge in [-0.15, -0.1) is 0 Å². The van der Waals surface area contributed by atoms with Crippen molar-refractivity contribution in [2.45, 2.75) is 31.2 Å². The van der Waals surface area contributed by atoms with Crippen LogP contribution >= 0.6 is 0 Å². The number of hydrogen-bond donors (Lipinski definition) is 2. The van der Waals surface area contributed by atoms with E-state index in [2.05, 4.69) is 10.6 Å². The van der Waals surface area contributed by atoms with Crippen LogP contribution in [0, 0.1) is 5.82 Å². The number of benzene rings is 3. The molecule has 0 aliphatic rings. The molecule has 0 saturated heterocycles. The molecule has 2 amide bonds. The van der Waals surface area contributed by atoms with Crippen molar-refractivity contribution in [2.75, 3.05) is 16.2 Å². The van der Waals surface area contributed by atoms with Crippen molar-refractivity contribution in [3.63, 3.8) is 0 Å². The van der Waals surface area contributed by atoms with Gasteiger partial charge in [0.2, 0.25) is 5.91 Å². The maximum atomic E-state index is 13.5. The van der Waals surface area contributed by atoms with E-state index in [1.165, 1.54) is 24.3 Å². The number of sulfonamides is 1. The van der Waals surface area contributed by atoms with E-state index in [1.807, 2.05) is 13.8 Å². The molecule has 3 aromatic rings. The number of para-hydroxylation sites is 1. The van der Waals surface area contributed by atoms with Crippen LogP contribution in [-0.4, -0.2) is 32.8 Å². The molecular formula is C25H26FN3O4S. The molecule has 0 fully saturated rings. The molecular weight excluding hydrogens is 457 g/mol. The predicted molar refractivity (Wildman–Crippen MR) is 130 cm³/mol. The molecule has 9 heteroatoms. The van der Waals surface area contributed by atoms with E-state index in [4.69, 9.17) is 0 Å². The fourth-order valence-corrected chi connectivity index (χ4v) is 4.60. The second-order valence-corrected chi connectivity index (χ2v) is 9.54. The van der Waals surface area contributed by atoms with Gasteiger partial charge in [0.1, 0.15) is 12.4 Å². The number of nitrogens with one attached hydrogen (secondary N) is 2. The van der Waals surface area contributed by atoms with Gasteiger partial charge in [0.15, 0.2) is 0 Å². The van der Waals surface area contributed by atoms with Gasteiger partial charge in [-0.3, -0.25) is 13.9 Å². The van der Waals surface area contributed by atoms with Crippen LogP contribution in [0.2, 0.25) is 0 Å². The van der Waals surface area contributed by atoms with Crippen molar-refractivity contribution < 1.29 is 22.4 Å². The first-order valence-corrected chi connectivity index (χ1v) is 12.2. The average molecular weight is 484 g/mol. The van der Waals surface area contributed by atoms with Crippen LogP contribution in [0.25, 0.3) is 0 Å².